The van der Waals surface area contributed by atoms with Gasteiger partial charge in [0.1, 0.15) is 0 Å². The molecule has 0 aliphatic rings. The fraction of sp³-hybridized carbons (Fsp3) is 0.385. The van der Waals surface area contributed by atoms with E-state index in [4.69, 9.17) is 18.0 Å². The lowest BCUT2D eigenvalue weighted by molar-refractivity contribution is 0.0461. The summed E-state index contributed by atoms with van der Waals surface area (Å²) >= 11 is 9.43. The fourth-order valence-corrected chi connectivity index (χ4v) is 2.47. The molecule has 0 aliphatic carbocycles. The Bertz CT molecular complexity index is 407. The third-order valence-corrected chi connectivity index (χ3v) is 3.30. The maximum absolute atomic E-state index is 10.3. The van der Waals surface area contributed by atoms with Gasteiger partial charge in [0.05, 0.1) is 5.60 Å². The van der Waals surface area contributed by atoms with Crippen LogP contribution in [0.2, 0.25) is 5.02 Å². The molecule has 0 bridgehead atoms. The number of benzene rings is 1. The first-order valence-electron chi connectivity index (χ1n) is 5.09. The summed E-state index contributed by atoms with van der Waals surface area (Å²) in [7, 11) is 0. The van der Waals surface area contributed by atoms with Crippen molar-refractivity contribution in [2.45, 2.75) is 31.8 Å². The van der Waals surface area contributed by atoms with Crippen molar-refractivity contribution in [2.75, 3.05) is 0 Å². The molecule has 1 aromatic rings. The molecule has 16 heavy (non-hydrogen) atoms. The summed E-state index contributed by atoms with van der Waals surface area (Å²) < 4.78 is 0.903. The minimum absolute atomic E-state index is 0.570. The topological polar surface area (TPSA) is 20.2 Å². The Kier molecular flexibility index (Phi) is 4.86. The predicted molar refractivity (Wildman–Crippen MR) is 71.4 cm³/mol. The predicted octanol–water partition coefficient (Wildman–Crippen LogP) is 4.11. The smallest absolute Gasteiger partial charge is 0.0883 e. The molecule has 1 N–H and O–H groups in total. The van der Waals surface area contributed by atoms with Crippen LogP contribution in [-0.4, -0.2) is 5.11 Å². The lowest BCUT2D eigenvalue weighted by atomic mass is 9.90. The van der Waals surface area contributed by atoms with Gasteiger partial charge in [-0.3, -0.25) is 0 Å². The minimum atomic E-state index is -0.922. The molecule has 0 fully saturated rings. The van der Waals surface area contributed by atoms with Crippen molar-refractivity contribution in [1.82, 2.24) is 0 Å². The number of rotatable bonds is 4. The highest BCUT2D eigenvalue weighted by Gasteiger charge is 2.24. The van der Waals surface area contributed by atoms with Crippen LogP contribution in [0.25, 0.3) is 0 Å². The molecule has 0 saturated carbocycles. The van der Waals surface area contributed by atoms with Gasteiger partial charge in [0.15, 0.2) is 0 Å². The Hall–Kier alpha value is -0.490. The Morgan fingerprint density at radius 1 is 1.56 bits per heavy atom. The first-order valence-corrected chi connectivity index (χ1v) is 6.26. The molecular weight excluding hydrogens is 287 g/mol. The third kappa shape index (κ3) is 3.52. The van der Waals surface area contributed by atoms with Crippen LogP contribution in [0.3, 0.4) is 0 Å². The first kappa shape index (κ1) is 13.6. The summed E-state index contributed by atoms with van der Waals surface area (Å²) in [6, 6.07) is 5.49. The van der Waals surface area contributed by atoms with Gasteiger partial charge in [-0.1, -0.05) is 33.6 Å². The van der Waals surface area contributed by atoms with Crippen molar-refractivity contribution in [2.24, 2.45) is 0 Å². The molecule has 1 unspecified atom stereocenters. The zero-order chi connectivity index (χ0) is 12.2. The van der Waals surface area contributed by atoms with E-state index in [1.165, 1.54) is 0 Å². The van der Waals surface area contributed by atoms with Gasteiger partial charge < -0.3 is 5.11 Å². The maximum atomic E-state index is 10.3. The lowest BCUT2D eigenvalue weighted by Crippen LogP contribution is -2.21. The molecule has 0 radical (unpaired) electrons. The Morgan fingerprint density at radius 2 is 2.25 bits per heavy atom. The normalized spacial score (nSPS) is 14.2. The summed E-state index contributed by atoms with van der Waals surface area (Å²) in [5, 5.41) is 10.9. The van der Waals surface area contributed by atoms with Crippen molar-refractivity contribution in [3.05, 3.63) is 33.3 Å². The van der Waals surface area contributed by atoms with Gasteiger partial charge >= 0.3 is 0 Å². The zero-order valence-electron chi connectivity index (χ0n) is 9.13. The number of terminal acetylenes is 1. The minimum Gasteiger partial charge on any atom is -0.385 e. The molecule has 86 valence electrons. The van der Waals surface area contributed by atoms with Crippen LogP contribution in [0.4, 0.5) is 0 Å². The highest BCUT2D eigenvalue weighted by molar-refractivity contribution is 9.10. The summed E-state index contributed by atoms with van der Waals surface area (Å²) in [4.78, 5) is 0. The second-order valence-electron chi connectivity index (χ2n) is 3.96. The number of hydrogen-bond acceptors (Lipinski definition) is 1. The van der Waals surface area contributed by atoms with Crippen molar-refractivity contribution in [3.63, 3.8) is 0 Å². The monoisotopic (exact) mass is 300 g/mol. The van der Waals surface area contributed by atoms with Crippen LogP contribution in [0, 0.1) is 12.3 Å². The molecule has 0 amide bonds. The molecule has 0 aromatic heterocycles. The molecule has 0 saturated heterocycles. The van der Waals surface area contributed by atoms with E-state index in [-0.39, 0.29) is 0 Å². The molecule has 1 atom stereocenters. The van der Waals surface area contributed by atoms with Crippen LogP contribution in [0.15, 0.2) is 22.7 Å². The van der Waals surface area contributed by atoms with E-state index in [2.05, 4.69) is 21.9 Å². The molecule has 0 aliphatic heterocycles. The average Bonchev–Trinajstić information content (AvgIpc) is 2.17. The van der Waals surface area contributed by atoms with E-state index in [1.54, 1.807) is 13.0 Å². The SMILES string of the molecule is C#CCCCC(C)(O)c1ccc(Br)cc1Cl. The summed E-state index contributed by atoms with van der Waals surface area (Å²) in [5.74, 6) is 2.56. The Morgan fingerprint density at radius 3 is 2.81 bits per heavy atom. The summed E-state index contributed by atoms with van der Waals surface area (Å²) in [5.41, 5.74) is -0.177. The third-order valence-electron chi connectivity index (χ3n) is 2.50. The molecular formula is C13H14BrClO. The van der Waals surface area contributed by atoms with Crippen molar-refractivity contribution in [3.8, 4) is 12.3 Å². The van der Waals surface area contributed by atoms with E-state index in [9.17, 15) is 5.11 Å². The molecule has 3 heteroatoms. The van der Waals surface area contributed by atoms with Crippen LogP contribution in [0.5, 0.6) is 0 Å². The second kappa shape index (κ2) is 5.72. The van der Waals surface area contributed by atoms with E-state index in [0.717, 1.165) is 16.5 Å². The van der Waals surface area contributed by atoms with Crippen molar-refractivity contribution in [1.29, 1.82) is 0 Å². The number of aliphatic hydroxyl groups is 1. The van der Waals surface area contributed by atoms with Crippen LogP contribution in [0.1, 0.15) is 31.7 Å². The van der Waals surface area contributed by atoms with Gasteiger partial charge in [-0.25, -0.2) is 0 Å². The van der Waals surface area contributed by atoms with Gasteiger partial charge in [-0.15, -0.1) is 12.3 Å². The molecule has 1 rings (SSSR count). The van der Waals surface area contributed by atoms with Gasteiger partial charge in [0.25, 0.3) is 0 Å². The van der Waals surface area contributed by atoms with Gasteiger partial charge in [0.2, 0.25) is 0 Å². The molecule has 1 nitrogen and oxygen atoms in total. The lowest BCUT2D eigenvalue weighted by Gasteiger charge is -2.24. The quantitative estimate of drug-likeness (QED) is 0.655. The van der Waals surface area contributed by atoms with Gasteiger partial charge in [-0.2, -0.15) is 0 Å². The Labute approximate surface area is 110 Å². The number of hydrogen-bond donors (Lipinski definition) is 1. The van der Waals surface area contributed by atoms with E-state index >= 15 is 0 Å². The average molecular weight is 302 g/mol. The second-order valence-corrected chi connectivity index (χ2v) is 5.28. The maximum Gasteiger partial charge on any atom is 0.0883 e. The molecule has 0 spiro atoms. The fourth-order valence-electron chi connectivity index (χ4n) is 1.60. The highest BCUT2D eigenvalue weighted by atomic mass is 79.9. The molecule has 1 aromatic carbocycles. The summed E-state index contributed by atoms with van der Waals surface area (Å²) in [6.07, 6.45) is 7.25. The van der Waals surface area contributed by atoms with E-state index < -0.39 is 5.60 Å². The Balaban J connectivity index is 2.85. The summed E-state index contributed by atoms with van der Waals surface area (Å²) in [6.45, 7) is 1.76. The van der Waals surface area contributed by atoms with Crippen molar-refractivity contribution < 1.29 is 5.11 Å². The largest absolute Gasteiger partial charge is 0.385 e. The van der Waals surface area contributed by atoms with E-state index in [0.29, 0.717) is 17.9 Å². The van der Waals surface area contributed by atoms with E-state index in [1.807, 2.05) is 12.1 Å². The van der Waals surface area contributed by atoms with Crippen molar-refractivity contribution >= 4 is 27.5 Å². The van der Waals surface area contributed by atoms with Crippen LogP contribution < -0.4 is 0 Å². The van der Waals surface area contributed by atoms with Gasteiger partial charge in [0, 0.05) is 21.5 Å². The number of halogens is 2. The van der Waals surface area contributed by atoms with Crippen LogP contribution >= 0.6 is 27.5 Å². The zero-order valence-corrected chi connectivity index (χ0v) is 11.5. The molecule has 0 heterocycles. The van der Waals surface area contributed by atoms with Gasteiger partial charge in [-0.05, 0) is 31.9 Å². The first-order chi connectivity index (χ1) is 7.47. The standard InChI is InChI=1S/C13H14BrClO/c1-3-4-5-8-13(2,16)11-7-6-10(14)9-12(11)15/h1,6-7,9,16H,4-5,8H2,2H3. The highest BCUT2D eigenvalue weighted by Crippen LogP contribution is 2.33. The number of unbranched alkanes of at least 4 members (excludes halogenated alkanes) is 1. The van der Waals surface area contributed by atoms with Crippen LogP contribution in [-0.2, 0) is 5.60 Å².